The molecule has 2 rings (SSSR count). The maximum absolute atomic E-state index is 6.00. The third-order valence-corrected chi connectivity index (χ3v) is 2.54. The molecule has 0 radical (unpaired) electrons. The maximum atomic E-state index is 6.00. The van der Waals surface area contributed by atoms with Crippen LogP contribution >= 0.6 is 11.6 Å². The SMILES string of the molecule is Cc1ccc(C)c(-c2[nH]ncc2Cl)c1. The molecule has 0 spiro atoms. The van der Waals surface area contributed by atoms with E-state index >= 15 is 0 Å². The first kappa shape index (κ1) is 9.28. The van der Waals surface area contributed by atoms with E-state index in [9.17, 15) is 0 Å². The minimum atomic E-state index is 0.665. The van der Waals surface area contributed by atoms with Crippen LogP contribution in [0.2, 0.25) is 5.02 Å². The summed E-state index contributed by atoms with van der Waals surface area (Å²) in [5, 5.41) is 7.49. The Morgan fingerprint density at radius 1 is 1.29 bits per heavy atom. The molecule has 0 saturated carbocycles. The first-order valence-corrected chi connectivity index (χ1v) is 4.83. The Kier molecular flexibility index (Phi) is 2.30. The number of aryl methyl sites for hydroxylation is 2. The van der Waals surface area contributed by atoms with Crippen molar-refractivity contribution in [2.45, 2.75) is 13.8 Å². The van der Waals surface area contributed by atoms with Crippen molar-refractivity contribution in [2.24, 2.45) is 0 Å². The summed E-state index contributed by atoms with van der Waals surface area (Å²) in [7, 11) is 0. The van der Waals surface area contributed by atoms with E-state index in [4.69, 9.17) is 11.6 Å². The van der Waals surface area contributed by atoms with Gasteiger partial charge in [0.2, 0.25) is 0 Å². The van der Waals surface area contributed by atoms with Gasteiger partial charge in [-0.1, -0.05) is 29.3 Å². The van der Waals surface area contributed by atoms with E-state index in [-0.39, 0.29) is 0 Å². The highest BCUT2D eigenvalue weighted by Crippen LogP contribution is 2.28. The molecule has 1 aromatic carbocycles. The van der Waals surface area contributed by atoms with Crippen molar-refractivity contribution in [2.75, 3.05) is 0 Å². The molecule has 14 heavy (non-hydrogen) atoms. The largest absolute Gasteiger partial charge is 0.276 e. The number of rotatable bonds is 1. The van der Waals surface area contributed by atoms with E-state index in [1.807, 2.05) is 0 Å². The second-order valence-electron chi connectivity index (χ2n) is 3.41. The minimum Gasteiger partial charge on any atom is -0.276 e. The summed E-state index contributed by atoms with van der Waals surface area (Å²) in [5.74, 6) is 0. The van der Waals surface area contributed by atoms with Gasteiger partial charge in [0.25, 0.3) is 0 Å². The molecule has 1 heterocycles. The van der Waals surface area contributed by atoms with Gasteiger partial charge in [-0.25, -0.2) is 0 Å². The van der Waals surface area contributed by atoms with E-state index in [1.54, 1.807) is 6.20 Å². The van der Waals surface area contributed by atoms with Gasteiger partial charge in [-0.05, 0) is 25.5 Å². The molecule has 0 aliphatic rings. The van der Waals surface area contributed by atoms with Crippen LogP contribution in [-0.2, 0) is 0 Å². The number of hydrogen-bond acceptors (Lipinski definition) is 1. The van der Waals surface area contributed by atoms with Gasteiger partial charge in [-0.3, -0.25) is 5.10 Å². The molecule has 0 fully saturated rings. The summed E-state index contributed by atoms with van der Waals surface area (Å²) in [6.45, 7) is 4.12. The molecule has 1 aromatic heterocycles. The predicted molar refractivity (Wildman–Crippen MR) is 58.5 cm³/mol. The Hall–Kier alpha value is -1.28. The molecular formula is C11H11ClN2. The summed E-state index contributed by atoms with van der Waals surface area (Å²) in [6.07, 6.45) is 1.62. The van der Waals surface area contributed by atoms with Gasteiger partial charge in [0, 0.05) is 5.56 Å². The number of halogens is 1. The molecule has 3 heteroatoms. The molecule has 0 aliphatic heterocycles. The second-order valence-corrected chi connectivity index (χ2v) is 3.82. The van der Waals surface area contributed by atoms with Crippen molar-refractivity contribution in [3.63, 3.8) is 0 Å². The van der Waals surface area contributed by atoms with Gasteiger partial charge in [0.05, 0.1) is 16.9 Å². The summed E-state index contributed by atoms with van der Waals surface area (Å²) < 4.78 is 0. The van der Waals surface area contributed by atoms with Gasteiger partial charge in [0.15, 0.2) is 0 Å². The average Bonchev–Trinajstić information content (AvgIpc) is 2.56. The topological polar surface area (TPSA) is 28.7 Å². The zero-order chi connectivity index (χ0) is 10.1. The lowest BCUT2D eigenvalue weighted by molar-refractivity contribution is 1.09. The number of nitrogens with one attached hydrogen (secondary N) is 1. The Morgan fingerprint density at radius 3 is 2.71 bits per heavy atom. The van der Waals surface area contributed by atoms with Gasteiger partial charge >= 0.3 is 0 Å². The average molecular weight is 207 g/mol. The lowest BCUT2D eigenvalue weighted by Crippen LogP contribution is -1.85. The van der Waals surface area contributed by atoms with Crippen LogP contribution in [-0.4, -0.2) is 10.2 Å². The first-order valence-electron chi connectivity index (χ1n) is 4.45. The third kappa shape index (κ3) is 1.53. The number of hydrogen-bond donors (Lipinski definition) is 1. The van der Waals surface area contributed by atoms with Gasteiger partial charge in [-0.15, -0.1) is 0 Å². The fourth-order valence-corrected chi connectivity index (χ4v) is 1.66. The number of aromatic nitrogens is 2. The number of H-pyrrole nitrogens is 1. The number of aromatic amines is 1. The lowest BCUT2D eigenvalue weighted by atomic mass is 10.0. The van der Waals surface area contributed by atoms with Crippen molar-refractivity contribution in [3.05, 3.63) is 40.5 Å². The minimum absolute atomic E-state index is 0.665. The molecule has 0 atom stereocenters. The van der Waals surface area contributed by atoms with Crippen LogP contribution in [0.25, 0.3) is 11.3 Å². The van der Waals surface area contributed by atoms with Crippen LogP contribution in [0.4, 0.5) is 0 Å². The summed E-state index contributed by atoms with van der Waals surface area (Å²) >= 11 is 6.00. The van der Waals surface area contributed by atoms with Crippen LogP contribution in [0.1, 0.15) is 11.1 Å². The predicted octanol–water partition coefficient (Wildman–Crippen LogP) is 3.35. The third-order valence-electron chi connectivity index (χ3n) is 2.26. The van der Waals surface area contributed by atoms with Crippen molar-refractivity contribution in [1.29, 1.82) is 0 Å². The molecule has 0 aliphatic carbocycles. The van der Waals surface area contributed by atoms with Crippen molar-refractivity contribution in [3.8, 4) is 11.3 Å². The molecule has 0 unspecified atom stereocenters. The van der Waals surface area contributed by atoms with Crippen molar-refractivity contribution >= 4 is 11.6 Å². The number of benzene rings is 1. The van der Waals surface area contributed by atoms with Crippen LogP contribution < -0.4 is 0 Å². The maximum Gasteiger partial charge on any atom is 0.0863 e. The molecule has 2 nitrogen and oxygen atoms in total. The lowest BCUT2D eigenvalue weighted by Gasteiger charge is -2.04. The Balaban J connectivity index is 2.62. The number of nitrogens with zero attached hydrogens (tertiary/aromatic N) is 1. The fourth-order valence-electron chi connectivity index (χ4n) is 1.47. The standard InChI is InChI=1S/C11H11ClN2/c1-7-3-4-8(2)9(5-7)11-10(12)6-13-14-11/h3-6H,1-2H3,(H,13,14). The quantitative estimate of drug-likeness (QED) is 0.762. The first-order chi connectivity index (χ1) is 6.68. The second kappa shape index (κ2) is 3.46. The van der Waals surface area contributed by atoms with E-state index in [0.29, 0.717) is 5.02 Å². The summed E-state index contributed by atoms with van der Waals surface area (Å²) in [5.41, 5.74) is 4.43. The molecule has 0 bridgehead atoms. The Morgan fingerprint density at radius 2 is 2.07 bits per heavy atom. The molecule has 0 saturated heterocycles. The molecule has 72 valence electrons. The Labute approximate surface area is 87.9 Å². The van der Waals surface area contributed by atoms with E-state index in [2.05, 4.69) is 42.2 Å². The van der Waals surface area contributed by atoms with Crippen molar-refractivity contribution < 1.29 is 0 Å². The monoisotopic (exact) mass is 206 g/mol. The highest BCUT2D eigenvalue weighted by Gasteiger charge is 2.07. The van der Waals surface area contributed by atoms with Crippen LogP contribution in [0, 0.1) is 13.8 Å². The van der Waals surface area contributed by atoms with Crippen LogP contribution in [0.15, 0.2) is 24.4 Å². The zero-order valence-electron chi connectivity index (χ0n) is 8.13. The zero-order valence-corrected chi connectivity index (χ0v) is 8.89. The van der Waals surface area contributed by atoms with Crippen LogP contribution in [0.5, 0.6) is 0 Å². The highest BCUT2D eigenvalue weighted by molar-refractivity contribution is 6.33. The fraction of sp³-hybridized carbons (Fsp3) is 0.182. The highest BCUT2D eigenvalue weighted by atomic mass is 35.5. The normalized spacial score (nSPS) is 10.5. The molecule has 2 aromatic rings. The van der Waals surface area contributed by atoms with Crippen molar-refractivity contribution in [1.82, 2.24) is 10.2 Å². The Bertz CT molecular complexity index is 460. The smallest absolute Gasteiger partial charge is 0.0863 e. The summed E-state index contributed by atoms with van der Waals surface area (Å²) in [6, 6.07) is 6.28. The summed E-state index contributed by atoms with van der Waals surface area (Å²) in [4.78, 5) is 0. The van der Waals surface area contributed by atoms with Gasteiger partial charge < -0.3 is 0 Å². The van der Waals surface area contributed by atoms with E-state index < -0.39 is 0 Å². The molecular weight excluding hydrogens is 196 g/mol. The van der Waals surface area contributed by atoms with E-state index in [1.165, 1.54) is 11.1 Å². The van der Waals surface area contributed by atoms with E-state index in [0.717, 1.165) is 11.3 Å². The van der Waals surface area contributed by atoms with Gasteiger partial charge in [-0.2, -0.15) is 5.10 Å². The molecule has 0 amide bonds. The molecule has 1 N–H and O–H groups in total. The van der Waals surface area contributed by atoms with Crippen LogP contribution in [0.3, 0.4) is 0 Å². The van der Waals surface area contributed by atoms with Gasteiger partial charge in [0.1, 0.15) is 0 Å².